The molecular weight excluding hydrogens is 675 g/mol. The molecule has 7 rings (SSSR count). The number of benzene rings is 4. The van der Waals surface area contributed by atoms with E-state index in [0.29, 0.717) is 23.9 Å². The van der Waals surface area contributed by atoms with Crippen molar-refractivity contribution in [2.24, 2.45) is 0 Å². The molecule has 0 spiro atoms. The zero-order valence-electron chi connectivity index (χ0n) is 28.4. The summed E-state index contributed by atoms with van der Waals surface area (Å²) in [5.74, 6) is 1.56. The van der Waals surface area contributed by atoms with Crippen LogP contribution in [-0.4, -0.2) is 20.7 Å². The van der Waals surface area contributed by atoms with Crippen LogP contribution in [0.25, 0.3) is 21.7 Å². The van der Waals surface area contributed by atoms with E-state index in [0.717, 1.165) is 50.7 Å². The molecule has 0 aliphatic heterocycles. The minimum Gasteiger partial charge on any atom is -0.384 e. The fraction of sp³-hybridized carbons (Fsp3) is 0.0952. The first-order chi connectivity index (χ1) is 24.7. The van der Waals surface area contributed by atoms with Crippen molar-refractivity contribution in [3.05, 3.63) is 195 Å². The number of fused-ring (bicyclic) bond motifs is 1. The Morgan fingerprint density at radius 2 is 1.47 bits per heavy atom. The number of aromatic nitrogens is 3. The van der Waals surface area contributed by atoms with E-state index in [-0.39, 0.29) is 0 Å². The Labute approximate surface area is 309 Å². The van der Waals surface area contributed by atoms with Crippen molar-refractivity contribution < 1.29 is 4.79 Å². The molecule has 0 saturated carbocycles. The zero-order valence-corrected chi connectivity index (χ0v) is 29.9. The molecule has 0 aliphatic rings. The number of nitrogen functional groups attached to an aromatic ring is 1. The van der Waals surface area contributed by atoms with E-state index in [9.17, 15) is 4.79 Å². The van der Waals surface area contributed by atoms with Crippen LogP contribution in [0, 0.1) is 20.4 Å². The largest absolute Gasteiger partial charge is 0.384 e. The molecule has 7 nitrogen and oxygen atoms in total. The average Bonchev–Trinajstić information content (AvgIpc) is 3.52. The number of halogens is 2. The number of imidazole rings is 1. The van der Waals surface area contributed by atoms with Gasteiger partial charge in [0.25, 0.3) is 0 Å². The van der Waals surface area contributed by atoms with E-state index in [2.05, 4.69) is 56.8 Å². The SMILES string of the molecule is Cc1ccc(-c2nc3ccccn3c2NCc2cccc(Cl)c2)cc1.Cc1ccc(C=O)cc1.Nc1ccccn1.[C-]#[N+]Cc1ccc(Cl)cc1. The van der Waals surface area contributed by atoms with Crippen LogP contribution in [0.15, 0.2) is 146 Å². The lowest BCUT2D eigenvalue weighted by Gasteiger charge is -2.09. The molecule has 51 heavy (non-hydrogen) atoms. The van der Waals surface area contributed by atoms with Gasteiger partial charge in [0.2, 0.25) is 6.54 Å². The van der Waals surface area contributed by atoms with E-state index in [1.165, 1.54) is 11.1 Å². The normalized spacial score (nSPS) is 9.86. The number of nitrogens with one attached hydrogen (secondary N) is 1. The van der Waals surface area contributed by atoms with Gasteiger partial charge in [-0.25, -0.2) is 16.5 Å². The topological polar surface area (TPSA) is 89.7 Å². The fourth-order valence-corrected chi connectivity index (χ4v) is 4.95. The quantitative estimate of drug-likeness (QED) is 0.132. The molecule has 0 aliphatic carbocycles. The summed E-state index contributed by atoms with van der Waals surface area (Å²) in [7, 11) is 0. The van der Waals surface area contributed by atoms with Crippen LogP contribution in [0.1, 0.15) is 32.6 Å². The maximum Gasteiger partial charge on any atom is 0.239 e. The molecule has 0 unspecified atom stereocenters. The second-order valence-electron chi connectivity index (χ2n) is 11.3. The minimum atomic E-state index is 0.442. The molecule has 3 aromatic heterocycles. The van der Waals surface area contributed by atoms with Crippen LogP contribution in [0.2, 0.25) is 10.0 Å². The molecule has 0 fully saturated rings. The van der Waals surface area contributed by atoms with Crippen molar-refractivity contribution in [3.63, 3.8) is 0 Å². The van der Waals surface area contributed by atoms with Gasteiger partial charge in [0.15, 0.2) is 0 Å². The summed E-state index contributed by atoms with van der Waals surface area (Å²) < 4.78 is 2.08. The van der Waals surface area contributed by atoms with E-state index < -0.39 is 0 Å². The summed E-state index contributed by atoms with van der Waals surface area (Å²) in [6.07, 6.45) is 4.54. The number of pyridine rings is 2. The predicted molar refractivity (Wildman–Crippen MR) is 211 cm³/mol. The molecule has 0 bridgehead atoms. The number of nitrogens with two attached hydrogens (primary N) is 1. The van der Waals surface area contributed by atoms with Gasteiger partial charge in [-0.3, -0.25) is 9.20 Å². The van der Waals surface area contributed by atoms with Gasteiger partial charge in [0, 0.05) is 45.7 Å². The lowest BCUT2D eigenvalue weighted by atomic mass is 10.1. The Kier molecular flexibility index (Phi) is 14.8. The average molecular weight is 714 g/mol. The predicted octanol–water partition coefficient (Wildman–Crippen LogP) is 10.8. The zero-order chi connectivity index (χ0) is 36.4. The van der Waals surface area contributed by atoms with Gasteiger partial charge in [-0.15, -0.1) is 0 Å². The number of rotatable bonds is 6. The number of carbonyl (C=O) groups excluding carboxylic acids is 1. The highest BCUT2D eigenvalue weighted by molar-refractivity contribution is 6.30. The first kappa shape index (κ1) is 37.9. The minimum absolute atomic E-state index is 0.442. The monoisotopic (exact) mass is 712 g/mol. The van der Waals surface area contributed by atoms with E-state index in [4.69, 9.17) is 40.5 Å². The number of anilines is 2. The van der Waals surface area contributed by atoms with Crippen molar-refractivity contribution >= 4 is 46.8 Å². The summed E-state index contributed by atoms with van der Waals surface area (Å²) in [6.45, 7) is 11.8. The Hall–Kier alpha value is -5.94. The van der Waals surface area contributed by atoms with Gasteiger partial charge < -0.3 is 15.9 Å². The van der Waals surface area contributed by atoms with Crippen LogP contribution in [-0.2, 0) is 13.1 Å². The summed E-state index contributed by atoms with van der Waals surface area (Å²) in [6, 6.07) is 42.6. The Balaban J connectivity index is 0.000000183. The number of carbonyl (C=O) groups is 1. The number of aryl methyl sites for hydroxylation is 2. The number of hydrogen-bond acceptors (Lipinski definition) is 5. The van der Waals surface area contributed by atoms with Crippen LogP contribution < -0.4 is 11.1 Å². The molecule has 3 heterocycles. The van der Waals surface area contributed by atoms with E-state index >= 15 is 0 Å². The molecule has 3 N–H and O–H groups in total. The van der Waals surface area contributed by atoms with Crippen molar-refractivity contribution in [2.75, 3.05) is 11.1 Å². The smallest absolute Gasteiger partial charge is 0.239 e. The Morgan fingerprint density at radius 3 is 2.06 bits per heavy atom. The van der Waals surface area contributed by atoms with Crippen LogP contribution in [0.3, 0.4) is 0 Å². The van der Waals surface area contributed by atoms with Crippen LogP contribution in [0.5, 0.6) is 0 Å². The van der Waals surface area contributed by atoms with Gasteiger partial charge in [0.05, 0.1) is 0 Å². The third kappa shape index (κ3) is 12.5. The lowest BCUT2D eigenvalue weighted by Crippen LogP contribution is -2.03. The summed E-state index contributed by atoms with van der Waals surface area (Å²) in [5, 5.41) is 5.00. The first-order valence-electron chi connectivity index (χ1n) is 16.0. The summed E-state index contributed by atoms with van der Waals surface area (Å²) in [5.41, 5.74) is 13.5. The first-order valence-corrected chi connectivity index (χ1v) is 16.8. The number of nitrogens with zero attached hydrogens (tertiary/aromatic N) is 4. The molecule has 256 valence electrons. The second kappa shape index (κ2) is 19.9. The molecule has 0 amide bonds. The van der Waals surface area contributed by atoms with Crippen LogP contribution >= 0.6 is 23.2 Å². The van der Waals surface area contributed by atoms with Gasteiger partial charge in [-0.1, -0.05) is 119 Å². The van der Waals surface area contributed by atoms with Crippen LogP contribution in [0.4, 0.5) is 11.6 Å². The second-order valence-corrected chi connectivity index (χ2v) is 12.2. The van der Waals surface area contributed by atoms with Crippen molar-refractivity contribution in [1.29, 1.82) is 0 Å². The van der Waals surface area contributed by atoms with Gasteiger partial charge in [-0.2, -0.15) is 0 Å². The molecule has 7 aromatic rings. The molecule has 0 radical (unpaired) electrons. The highest BCUT2D eigenvalue weighted by Crippen LogP contribution is 2.29. The molecule has 4 aromatic carbocycles. The Morgan fingerprint density at radius 1 is 0.784 bits per heavy atom. The third-order valence-corrected chi connectivity index (χ3v) is 7.77. The highest BCUT2D eigenvalue weighted by Gasteiger charge is 2.13. The van der Waals surface area contributed by atoms with Gasteiger partial charge >= 0.3 is 0 Å². The Bertz CT molecular complexity index is 2140. The lowest BCUT2D eigenvalue weighted by molar-refractivity contribution is 0.112. The molecular formula is C42H38Cl2N6O. The highest BCUT2D eigenvalue weighted by atomic mass is 35.5. The number of hydrogen-bond donors (Lipinski definition) is 2. The fourth-order valence-electron chi connectivity index (χ4n) is 4.61. The summed E-state index contributed by atoms with van der Waals surface area (Å²) >= 11 is 11.7. The number of aldehydes is 1. The molecule has 9 heteroatoms. The van der Waals surface area contributed by atoms with Gasteiger partial charge in [-0.05, 0) is 67.9 Å². The van der Waals surface area contributed by atoms with Crippen molar-refractivity contribution in [1.82, 2.24) is 14.4 Å². The standard InChI is InChI=1S/C21H18ClN3.C8H6ClN.C8H8O.C5H6N2/c1-15-8-10-17(11-9-15)20-21(25-12-3-2-7-19(25)24-20)23-14-16-5-4-6-18(22)13-16;1-10-6-7-2-4-8(9)5-3-7;1-7-2-4-8(6-9)5-3-7;6-5-3-1-2-4-7-5/h2-13,23H,14H2,1H3;2-5H,6H2;2-6H,1H3;1-4H,(H2,6,7). The van der Waals surface area contributed by atoms with E-state index in [1.807, 2.05) is 98.0 Å². The molecule has 0 atom stereocenters. The maximum absolute atomic E-state index is 10.1. The molecule has 0 saturated heterocycles. The maximum atomic E-state index is 10.1. The van der Waals surface area contributed by atoms with Crippen molar-refractivity contribution in [2.45, 2.75) is 26.9 Å². The van der Waals surface area contributed by atoms with E-state index in [1.54, 1.807) is 24.4 Å². The summed E-state index contributed by atoms with van der Waals surface area (Å²) in [4.78, 5) is 21.9. The van der Waals surface area contributed by atoms with Crippen molar-refractivity contribution in [3.8, 4) is 11.3 Å². The van der Waals surface area contributed by atoms with Gasteiger partial charge in [0.1, 0.15) is 29.3 Å². The third-order valence-electron chi connectivity index (χ3n) is 7.28.